The highest BCUT2D eigenvalue weighted by atomic mass is 127. The van der Waals surface area contributed by atoms with Crippen LogP contribution in [0.5, 0.6) is 11.5 Å². The van der Waals surface area contributed by atoms with Gasteiger partial charge in [0.05, 0.1) is 38.2 Å². The number of nitrogens with one attached hydrogen (secondary N) is 3. The van der Waals surface area contributed by atoms with E-state index in [9.17, 15) is 14.4 Å². The number of carbonyl (C=O) groups excluding carboxylic acids is 3. The van der Waals surface area contributed by atoms with Gasteiger partial charge >= 0.3 is 11.9 Å². The smallest absolute Gasteiger partial charge is 0.344 e. The number of allylic oxidation sites excluding steroid dienone is 1. The van der Waals surface area contributed by atoms with Crippen LogP contribution < -0.4 is 25.5 Å². The van der Waals surface area contributed by atoms with E-state index in [-0.39, 0.29) is 26.4 Å². The molecular weight excluding hydrogens is 778 g/mol. The minimum Gasteiger partial charge on any atom is -0.483 e. The first-order valence-corrected chi connectivity index (χ1v) is 15.0. The van der Waals surface area contributed by atoms with Gasteiger partial charge in [0, 0.05) is 11.3 Å². The van der Waals surface area contributed by atoms with Crippen LogP contribution in [0, 0.1) is 7.14 Å². The van der Waals surface area contributed by atoms with Crippen LogP contribution in [0.3, 0.4) is 0 Å². The Morgan fingerprint density at radius 2 is 1.73 bits per heavy atom. The van der Waals surface area contributed by atoms with E-state index in [4.69, 9.17) is 31.2 Å². The second kappa shape index (κ2) is 15.9. The van der Waals surface area contributed by atoms with Crippen molar-refractivity contribution < 1.29 is 33.3 Å². The maximum Gasteiger partial charge on any atom is 0.344 e. The van der Waals surface area contributed by atoms with E-state index < -0.39 is 23.9 Å². The molecule has 0 unspecified atom stereocenters. The minimum absolute atomic E-state index is 0.188. The molecule has 1 atom stereocenters. The van der Waals surface area contributed by atoms with Crippen LogP contribution in [0.2, 0.25) is 0 Å². The van der Waals surface area contributed by atoms with Gasteiger partial charge in [0.15, 0.2) is 18.3 Å². The van der Waals surface area contributed by atoms with Crippen molar-refractivity contribution in [3.05, 3.63) is 65.9 Å². The predicted molar refractivity (Wildman–Crippen MR) is 173 cm³/mol. The summed E-state index contributed by atoms with van der Waals surface area (Å²) in [6.45, 7) is 5.20. The molecule has 11 nitrogen and oxygen atoms in total. The Hall–Kier alpha value is -2.99. The van der Waals surface area contributed by atoms with Gasteiger partial charge in [0.1, 0.15) is 11.5 Å². The molecule has 0 aliphatic carbocycles. The van der Waals surface area contributed by atoms with E-state index in [2.05, 4.69) is 66.3 Å². The first-order valence-electron chi connectivity index (χ1n) is 12.4. The van der Waals surface area contributed by atoms with Gasteiger partial charge in [-0.1, -0.05) is 18.2 Å². The minimum atomic E-state index is -0.630. The largest absolute Gasteiger partial charge is 0.483 e. The van der Waals surface area contributed by atoms with Crippen molar-refractivity contribution >= 4 is 86.6 Å². The van der Waals surface area contributed by atoms with Crippen molar-refractivity contribution in [2.45, 2.75) is 26.8 Å². The van der Waals surface area contributed by atoms with Crippen molar-refractivity contribution in [2.75, 3.05) is 26.4 Å². The summed E-state index contributed by atoms with van der Waals surface area (Å²) in [6.07, 6.45) is 1.49. The Labute approximate surface area is 270 Å². The molecule has 3 N–H and O–H groups in total. The number of halogens is 2. The van der Waals surface area contributed by atoms with Gasteiger partial charge in [-0.05, 0) is 102 Å². The molecule has 1 heterocycles. The maximum absolute atomic E-state index is 12.7. The third kappa shape index (κ3) is 9.26. The molecule has 0 bridgehead atoms. The first kappa shape index (κ1) is 32.5. The fraction of sp³-hybridized carbons (Fsp3) is 0.296. The number of nitrogens with zero attached hydrogens (tertiary/aromatic N) is 1. The lowest BCUT2D eigenvalue weighted by Gasteiger charge is -2.30. The number of para-hydroxylation sites is 1. The number of hydrogen-bond donors (Lipinski definition) is 3. The van der Waals surface area contributed by atoms with Crippen LogP contribution in [-0.2, 0) is 23.9 Å². The highest BCUT2D eigenvalue weighted by Crippen LogP contribution is 2.33. The number of thiocarbonyl (C=S) groups is 1. The molecule has 41 heavy (non-hydrogen) atoms. The summed E-state index contributed by atoms with van der Waals surface area (Å²) in [5, 5.41) is 10.4. The van der Waals surface area contributed by atoms with E-state index in [1.54, 1.807) is 57.2 Å². The standard InChI is InChI=1S/C27H28I2N4O7S/c1-4-37-22(35)14-40-25-18(28)10-16(11-19(25)29)12-30-33-21(34)13-39-20-9-7-6-8-17(20)24-23(26(36)38-5-2)15(3)31-27(41)32-24/h6-12,24H,4-5,13-14H2,1-3H3,(H,33,34)(H2,31,32,41)/t24-/m1/s1. The molecule has 0 fully saturated rings. The predicted octanol–water partition coefficient (Wildman–Crippen LogP) is 3.72. The lowest BCUT2D eigenvalue weighted by molar-refractivity contribution is -0.145. The van der Waals surface area contributed by atoms with Gasteiger partial charge in [-0.25, -0.2) is 15.0 Å². The van der Waals surface area contributed by atoms with Crippen molar-refractivity contribution in [3.63, 3.8) is 0 Å². The quantitative estimate of drug-likeness (QED) is 0.0958. The molecule has 0 saturated heterocycles. The second-order valence-electron chi connectivity index (χ2n) is 8.32. The van der Waals surface area contributed by atoms with Crippen LogP contribution in [0.25, 0.3) is 0 Å². The molecule has 218 valence electrons. The maximum atomic E-state index is 12.7. The number of hydrazone groups is 1. The van der Waals surface area contributed by atoms with Crippen molar-refractivity contribution in [1.29, 1.82) is 0 Å². The number of carbonyl (C=O) groups is 3. The van der Waals surface area contributed by atoms with Gasteiger partial charge in [-0.2, -0.15) is 5.10 Å². The van der Waals surface area contributed by atoms with Crippen LogP contribution in [-0.4, -0.2) is 55.6 Å². The number of rotatable bonds is 12. The molecule has 3 rings (SSSR count). The molecule has 0 saturated carbocycles. The lowest BCUT2D eigenvalue weighted by atomic mass is 9.95. The van der Waals surface area contributed by atoms with Crippen LogP contribution >= 0.6 is 57.4 Å². The Morgan fingerprint density at radius 1 is 1.05 bits per heavy atom. The van der Waals surface area contributed by atoms with Gasteiger partial charge < -0.3 is 29.6 Å². The lowest BCUT2D eigenvalue weighted by Crippen LogP contribution is -2.45. The van der Waals surface area contributed by atoms with E-state index in [0.717, 1.165) is 12.7 Å². The fourth-order valence-corrected chi connectivity index (χ4v) is 6.14. The average Bonchev–Trinajstić information content (AvgIpc) is 2.91. The fourth-order valence-electron chi connectivity index (χ4n) is 3.74. The summed E-state index contributed by atoms with van der Waals surface area (Å²) in [7, 11) is 0. The van der Waals surface area contributed by atoms with Gasteiger partial charge in [-0.3, -0.25) is 4.79 Å². The topological polar surface area (TPSA) is 137 Å². The van der Waals surface area contributed by atoms with E-state index in [1.807, 2.05) is 0 Å². The Kier molecular flexibility index (Phi) is 12.6. The average molecular weight is 806 g/mol. The monoisotopic (exact) mass is 806 g/mol. The number of hydrogen-bond acceptors (Lipinski definition) is 9. The second-order valence-corrected chi connectivity index (χ2v) is 11.1. The molecule has 14 heteroatoms. The third-order valence-corrected chi connectivity index (χ3v) is 7.24. The number of benzene rings is 2. The number of amides is 1. The molecule has 0 radical (unpaired) electrons. The summed E-state index contributed by atoms with van der Waals surface area (Å²) in [6, 6.07) is 10.0. The van der Waals surface area contributed by atoms with E-state index in [0.29, 0.717) is 33.4 Å². The summed E-state index contributed by atoms with van der Waals surface area (Å²) < 4.78 is 23.1. The molecule has 1 amide bonds. The molecule has 0 aromatic heterocycles. The van der Waals surface area contributed by atoms with E-state index in [1.165, 1.54) is 6.21 Å². The summed E-state index contributed by atoms with van der Waals surface area (Å²) in [5.74, 6) is -0.458. The van der Waals surface area contributed by atoms with Crippen molar-refractivity contribution in [2.24, 2.45) is 5.10 Å². The Bertz CT molecular complexity index is 1360. The van der Waals surface area contributed by atoms with Crippen LogP contribution in [0.4, 0.5) is 0 Å². The zero-order chi connectivity index (χ0) is 29.9. The number of esters is 2. The van der Waals surface area contributed by atoms with Gasteiger partial charge in [0.2, 0.25) is 0 Å². The van der Waals surface area contributed by atoms with Crippen molar-refractivity contribution in [3.8, 4) is 11.5 Å². The normalized spacial score (nSPS) is 14.7. The third-order valence-electron chi connectivity index (χ3n) is 5.42. The molecule has 1 aliphatic rings. The highest BCUT2D eigenvalue weighted by Gasteiger charge is 2.32. The molecular formula is C27H28I2N4O7S. The van der Waals surface area contributed by atoms with Crippen LogP contribution in [0.15, 0.2) is 52.8 Å². The highest BCUT2D eigenvalue weighted by molar-refractivity contribution is 14.1. The summed E-state index contributed by atoms with van der Waals surface area (Å²) >= 11 is 9.50. The van der Waals surface area contributed by atoms with Crippen molar-refractivity contribution in [1.82, 2.24) is 16.1 Å². The SMILES string of the molecule is CCOC(=O)COc1c(I)cc(C=NNC(=O)COc2ccccc2[C@H]2NC(=S)NC(C)=C2C(=O)OCC)cc1I. The zero-order valence-electron chi connectivity index (χ0n) is 22.4. The molecule has 2 aromatic rings. The first-order chi connectivity index (χ1) is 19.6. The Morgan fingerprint density at radius 3 is 2.41 bits per heavy atom. The van der Waals surface area contributed by atoms with E-state index >= 15 is 0 Å². The zero-order valence-corrected chi connectivity index (χ0v) is 27.5. The molecule has 1 aliphatic heterocycles. The molecule has 2 aromatic carbocycles. The van der Waals surface area contributed by atoms with Gasteiger partial charge in [0.25, 0.3) is 5.91 Å². The number of ether oxygens (including phenoxy) is 4. The summed E-state index contributed by atoms with van der Waals surface area (Å²) in [4.78, 5) is 36.8. The summed E-state index contributed by atoms with van der Waals surface area (Å²) in [5.41, 5.74) is 4.72. The molecule has 0 spiro atoms. The Balaban J connectivity index is 1.64. The van der Waals surface area contributed by atoms with Crippen LogP contribution in [0.1, 0.15) is 37.9 Å². The van der Waals surface area contributed by atoms with Gasteiger partial charge in [-0.15, -0.1) is 0 Å².